The molecule has 28 heavy (non-hydrogen) atoms. The first kappa shape index (κ1) is 20.7. The summed E-state index contributed by atoms with van der Waals surface area (Å²) in [7, 11) is 0. The van der Waals surface area contributed by atoms with Gasteiger partial charge in [-0.2, -0.15) is 0 Å². The van der Waals surface area contributed by atoms with Gasteiger partial charge in [0.15, 0.2) is 11.6 Å². The number of halogens is 2. The van der Waals surface area contributed by atoms with E-state index in [-0.39, 0.29) is 5.56 Å². The van der Waals surface area contributed by atoms with Gasteiger partial charge in [0.25, 0.3) is 0 Å². The topological polar surface area (TPSA) is 35.0 Å². The summed E-state index contributed by atoms with van der Waals surface area (Å²) in [6.45, 7) is 4.94. The summed E-state index contributed by atoms with van der Waals surface area (Å²) in [5, 5.41) is 7.97. The van der Waals surface area contributed by atoms with Crippen LogP contribution in [0.15, 0.2) is 24.3 Å². The van der Waals surface area contributed by atoms with Crippen LogP contribution >= 0.6 is 0 Å². The molecule has 5 heteroatoms. The molecule has 1 aromatic heterocycles. The van der Waals surface area contributed by atoms with Crippen LogP contribution in [-0.2, 0) is 6.42 Å². The Morgan fingerprint density at radius 2 is 1.79 bits per heavy atom. The monoisotopic (exact) mass is 388 g/mol. The number of aryl methyl sites for hydroxylation is 1. The number of nitrogens with zero attached hydrogens (tertiary/aromatic N) is 2. The Kier molecular flexibility index (Phi) is 7.35. The Balaban J connectivity index is 1.64. The lowest BCUT2D eigenvalue weighted by Crippen LogP contribution is -2.13. The predicted molar refractivity (Wildman–Crippen MR) is 107 cm³/mol. The molecule has 0 radical (unpaired) electrons. The normalized spacial score (nSPS) is 19.6. The molecule has 0 bridgehead atoms. The Morgan fingerprint density at radius 3 is 2.46 bits per heavy atom. The van der Waals surface area contributed by atoms with Crippen LogP contribution in [-0.4, -0.2) is 16.8 Å². The zero-order valence-corrected chi connectivity index (χ0v) is 16.9. The average Bonchev–Trinajstić information content (AvgIpc) is 2.71. The summed E-state index contributed by atoms with van der Waals surface area (Å²) < 4.78 is 34.7. The predicted octanol–water partition coefficient (Wildman–Crippen LogP) is 6.36. The van der Waals surface area contributed by atoms with Crippen LogP contribution < -0.4 is 4.74 Å². The third kappa shape index (κ3) is 5.27. The van der Waals surface area contributed by atoms with Crippen molar-refractivity contribution < 1.29 is 13.5 Å². The van der Waals surface area contributed by atoms with Crippen LogP contribution in [0.5, 0.6) is 5.88 Å². The first-order valence-electron chi connectivity index (χ1n) is 10.5. The molecule has 3 nitrogen and oxygen atoms in total. The molecule has 0 spiro atoms. The van der Waals surface area contributed by atoms with Crippen LogP contribution in [0, 0.1) is 23.5 Å². The minimum Gasteiger partial charge on any atom is -0.477 e. The molecule has 3 rings (SSSR count). The fourth-order valence-corrected chi connectivity index (χ4v) is 3.82. The quantitative estimate of drug-likeness (QED) is 0.494. The second-order valence-corrected chi connectivity index (χ2v) is 8.02. The molecule has 0 aliphatic heterocycles. The van der Waals surface area contributed by atoms with Crippen molar-refractivity contribution in [2.45, 2.75) is 65.2 Å². The lowest BCUT2D eigenvalue weighted by Gasteiger charge is -2.26. The van der Waals surface area contributed by atoms with E-state index < -0.39 is 11.6 Å². The first-order chi connectivity index (χ1) is 13.6. The second kappa shape index (κ2) is 9.94. The van der Waals surface area contributed by atoms with Crippen LogP contribution in [0.4, 0.5) is 8.78 Å². The maximum Gasteiger partial charge on any atom is 0.233 e. The highest BCUT2D eigenvalue weighted by Gasteiger charge is 2.20. The standard InChI is InChI=1S/C23H30F2N2O/c1-3-4-15-28-21-14-13-20(26-27-21)19-12-11-18(22(24)23(19)25)10-9-17-7-5-16(2)6-8-17/h11-14,16-17H,3-10,15H2,1-2H3. The number of rotatable bonds is 8. The highest BCUT2D eigenvalue weighted by molar-refractivity contribution is 5.60. The molecular weight excluding hydrogens is 358 g/mol. The summed E-state index contributed by atoms with van der Waals surface area (Å²) in [6, 6.07) is 6.56. The molecule has 0 saturated heterocycles. The SMILES string of the molecule is CCCCOc1ccc(-c2ccc(CCC3CCC(C)CC3)c(F)c2F)nn1. The number of hydrogen-bond acceptors (Lipinski definition) is 3. The molecular formula is C23H30F2N2O. The minimum absolute atomic E-state index is 0.139. The van der Waals surface area contributed by atoms with Gasteiger partial charge in [0.1, 0.15) is 0 Å². The summed E-state index contributed by atoms with van der Waals surface area (Å²) in [6.07, 6.45) is 8.36. The van der Waals surface area contributed by atoms with Crippen molar-refractivity contribution in [1.29, 1.82) is 0 Å². The van der Waals surface area contributed by atoms with Crippen LogP contribution in [0.1, 0.15) is 64.4 Å². The second-order valence-electron chi connectivity index (χ2n) is 8.02. The van der Waals surface area contributed by atoms with Gasteiger partial charge in [-0.15, -0.1) is 10.2 Å². The van der Waals surface area contributed by atoms with Gasteiger partial charge >= 0.3 is 0 Å². The average molecular weight is 389 g/mol. The summed E-state index contributed by atoms with van der Waals surface area (Å²) >= 11 is 0. The van der Waals surface area contributed by atoms with Crippen LogP contribution in [0.25, 0.3) is 11.3 Å². The molecule has 1 saturated carbocycles. The highest BCUT2D eigenvalue weighted by atomic mass is 19.2. The summed E-state index contributed by atoms with van der Waals surface area (Å²) in [5.41, 5.74) is 0.903. The van der Waals surface area contributed by atoms with Crippen molar-refractivity contribution >= 4 is 0 Å². The van der Waals surface area contributed by atoms with Gasteiger partial charge < -0.3 is 4.74 Å². The number of hydrogen-bond donors (Lipinski definition) is 0. The van der Waals surface area contributed by atoms with Crippen LogP contribution in [0.3, 0.4) is 0 Å². The van der Waals surface area contributed by atoms with Gasteiger partial charge in [-0.05, 0) is 48.8 Å². The van der Waals surface area contributed by atoms with E-state index in [2.05, 4.69) is 24.0 Å². The summed E-state index contributed by atoms with van der Waals surface area (Å²) in [5.74, 6) is 0.227. The maximum atomic E-state index is 14.6. The van der Waals surface area contributed by atoms with Gasteiger partial charge in [0.05, 0.1) is 12.3 Å². The molecule has 0 N–H and O–H groups in total. The van der Waals surface area contributed by atoms with Gasteiger partial charge in [0, 0.05) is 11.6 Å². The number of ether oxygens (including phenoxy) is 1. The number of aromatic nitrogens is 2. The van der Waals surface area contributed by atoms with Crippen molar-refractivity contribution in [3.05, 3.63) is 41.5 Å². The van der Waals surface area contributed by atoms with Gasteiger partial charge in [-0.3, -0.25) is 0 Å². The molecule has 1 aromatic carbocycles. The van der Waals surface area contributed by atoms with Gasteiger partial charge in [-0.25, -0.2) is 8.78 Å². The van der Waals surface area contributed by atoms with E-state index in [0.717, 1.165) is 25.2 Å². The zero-order chi connectivity index (χ0) is 19.9. The fraction of sp³-hybridized carbons (Fsp3) is 0.565. The van der Waals surface area contributed by atoms with Gasteiger partial charge in [-0.1, -0.05) is 52.0 Å². The Labute approximate surface area is 166 Å². The lowest BCUT2D eigenvalue weighted by atomic mass is 9.80. The lowest BCUT2D eigenvalue weighted by molar-refractivity contribution is 0.277. The van der Waals surface area contributed by atoms with E-state index in [4.69, 9.17) is 4.74 Å². The van der Waals surface area contributed by atoms with E-state index in [9.17, 15) is 8.78 Å². The first-order valence-corrected chi connectivity index (χ1v) is 10.5. The Morgan fingerprint density at radius 1 is 1.00 bits per heavy atom. The maximum absolute atomic E-state index is 14.6. The highest BCUT2D eigenvalue weighted by Crippen LogP contribution is 2.32. The molecule has 0 unspecified atom stereocenters. The van der Waals surface area contributed by atoms with Crippen molar-refractivity contribution in [2.24, 2.45) is 11.8 Å². The molecule has 0 amide bonds. The van der Waals surface area contributed by atoms with E-state index in [1.807, 2.05) is 0 Å². The summed E-state index contributed by atoms with van der Waals surface area (Å²) in [4.78, 5) is 0. The molecule has 1 fully saturated rings. The molecule has 1 aliphatic carbocycles. The van der Waals surface area contributed by atoms with Crippen molar-refractivity contribution in [1.82, 2.24) is 10.2 Å². The smallest absolute Gasteiger partial charge is 0.233 e. The number of benzene rings is 1. The van der Waals surface area contributed by atoms with Crippen molar-refractivity contribution in [3.8, 4) is 17.1 Å². The zero-order valence-electron chi connectivity index (χ0n) is 16.9. The number of unbranched alkanes of at least 4 members (excludes halogenated alkanes) is 1. The Hall–Kier alpha value is -2.04. The van der Waals surface area contributed by atoms with Gasteiger partial charge in [0.2, 0.25) is 5.88 Å². The fourth-order valence-electron chi connectivity index (χ4n) is 3.82. The van der Waals surface area contributed by atoms with E-state index in [1.165, 1.54) is 25.7 Å². The van der Waals surface area contributed by atoms with Crippen molar-refractivity contribution in [3.63, 3.8) is 0 Å². The third-order valence-electron chi connectivity index (χ3n) is 5.78. The minimum atomic E-state index is -0.844. The largest absolute Gasteiger partial charge is 0.477 e. The molecule has 1 aliphatic rings. The molecule has 1 heterocycles. The van der Waals surface area contributed by atoms with Crippen molar-refractivity contribution in [2.75, 3.05) is 6.61 Å². The van der Waals surface area contributed by atoms with Crippen LogP contribution in [0.2, 0.25) is 0 Å². The van der Waals surface area contributed by atoms with E-state index in [0.29, 0.717) is 36.1 Å². The van der Waals surface area contributed by atoms with E-state index >= 15 is 0 Å². The molecule has 0 atom stereocenters. The third-order valence-corrected chi connectivity index (χ3v) is 5.78. The van der Waals surface area contributed by atoms with E-state index in [1.54, 1.807) is 24.3 Å². The molecule has 2 aromatic rings. The Bertz CT molecular complexity index is 756. The molecule has 152 valence electrons.